The Morgan fingerprint density at radius 1 is 1.24 bits per heavy atom. The van der Waals surface area contributed by atoms with E-state index in [0.717, 1.165) is 35.8 Å². The summed E-state index contributed by atoms with van der Waals surface area (Å²) in [6.45, 7) is 6.02. The van der Waals surface area contributed by atoms with Crippen molar-refractivity contribution in [2.75, 3.05) is 18.9 Å². The fourth-order valence-electron chi connectivity index (χ4n) is 5.78. The average molecular weight is 592 g/mol. The van der Waals surface area contributed by atoms with Crippen molar-refractivity contribution in [1.82, 2.24) is 15.3 Å². The molecule has 1 fully saturated rings. The fourth-order valence-corrected chi connectivity index (χ4v) is 6.56. The van der Waals surface area contributed by atoms with Crippen LogP contribution in [0.5, 0.6) is 5.75 Å². The van der Waals surface area contributed by atoms with Crippen LogP contribution in [-0.4, -0.2) is 41.4 Å². The molecule has 2 aromatic heterocycles. The Kier molecular flexibility index (Phi) is 6.77. The Morgan fingerprint density at radius 2 is 2.00 bits per heavy atom. The lowest BCUT2D eigenvalue weighted by atomic mass is 9.74. The van der Waals surface area contributed by atoms with Crippen LogP contribution in [0.2, 0.25) is 0 Å². The number of hydrogen-bond acceptors (Lipinski definition) is 8. The van der Waals surface area contributed by atoms with Crippen molar-refractivity contribution in [3.8, 4) is 17.0 Å². The minimum absolute atomic E-state index is 0.140. The number of carbonyl (C=O) groups is 2. The van der Waals surface area contributed by atoms with Crippen molar-refractivity contribution < 1.29 is 23.1 Å². The molecule has 3 heterocycles. The molecule has 3 atom stereocenters. The summed E-state index contributed by atoms with van der Waals surface area (Å²) < 4.78 is 35.5. The van der Waals surface area contributed by atoms with Gasteiger partial charge in [-0.3, -0.25) is 4.79 Å². The highest BCUT2D eigenvalue weighted by Crippen LogP contribution is 2.51. The molecule has 4 aromatic rings. The van der Waals surface area contributed by atoms with Crippen LogP contribution in [0.15, 0.2) is 36.4 Å². The Bertz CT molecular complexity index is 1760. The van der Waals surface area contributed by atoms with Crippen LogP contribution in [0.25, 0.3) is 21.5 Å². The quantitative estimate of drug-likeness (QED) is 0.251. The van der Waals surface area contributed by atoms with E-state index in [0.29, 0.717) is 39.3 Å². The number of nitrogens with zero attached hydrogens (tertiary/aromatic N) is 2. The first-order valence-corrected chi connectivity index (χ1v) is 14.6. The molecule has 218 valence electrons. The monoisotopic (exact) mass is 591 g/mol. The van der Waals surface area contributed by atoms with Crippen molar-refractivity contribution >= 4 is 38.9 Å². The van der Waals surface area contributed by atoms with Crippen LogP contribution >= 0.6 is 11.3 Å². The van der Waals surface area contributed by atoms with E-state index in [1.807, 2.05) is 19.9 Å². The number of nitrogen functional groups attached to an aromatic ring is 1. The number of pyridine rings is 1. The maximum atomic E-state index is 14.7. The molecule has 8 nitrogen and oxygen atoms in total. The first kappa shape index (κ1) is 28.2. The van der Waals surface area contributed by atoms with Crippen molar-refractivity contribution in [2.24, 2.45) is 11.7 Å². The number of aldehydes is 1. The number of fused-ring (bicyclic) bond motifs is 2. The number of hydrogen-bond donors (Lipinski definition) is 3. The highest BCUT2D eigenvalue weighted by atomic mass is 32.1. The molecule has 1 amide bonds. The van der Waals surface area contributed by atoms with Gasteiger partial charge in [-0.15, -0.1) is 0 Å². The largest absolute Gasteiger partial charge is 0.490 e. The number of thiazole rings is 1. The number of amides is 1. The number of anilines is 1. The predicted octanol–water partition coefficient (Wildman–Crippen LogP) is 4.80. The Hall–Kier alpha value is -3.96. The lowest BCUT2D eigenvalue weighted by Gasteiger charge is -2.32. The molecule has 0 radical (unpaired) electrons. The molecule has 1 aliphatic carbocycles. The molecule has 11 heteroatoms. The summed E-state index contributed by atoms with van der Waals surface area (Å²) in [4.78, 5) is 34.2. The molecule has 1 saturated carbocycles. The van der Waals surface area contributed by atoms with Gasteiger partial charge in [0, 0.05) is 34.3 Å². The van der Waals surface area contributed by atoms with E-state index >= 15 is 0 Å². The van der Waals surface area contributed by atoms with Crippen LogP contribution in [-0.2, 0) is 15.6 Å². The van der Waals surface area contributed by atoms with Crippen LogP contribution in [0, 0.1) is 24.5 Å². The molecule has 6 rings (SSSR count). The molecular weight excluding hydrogens is 560 g/mol. The Balaban J connectivity index is 1.41. The number of aromatic nitrogens is 2. The molecule has 5 N–H and O–H groups in total. The number of aryl methyl sites for hydroxylation is 1. The number of nitrogens with one attached hydrogen (secondary N) is 1. The van der Waals surface area contributed by atoms with Crippen LogP contribution in [0.1, 0.15) is 53.9 Å². The summed E-state index contributed by atoms with van der Waals surface area (Å²) in [5.41, 5.74) is 14.0. The maximum Gasteiger partial charge on any atom is 0.251 e. The second-order valence-electron chi connectivity index (χ2n) is 11.8. The van der Waals surface area contributed by atoms with E-state index < -0.39 is 28.6 Å². The zero-order chi connectivity index (χ0) is 30.0. The number of halogens is 2. The van der Waals surface area contributed by atoms with Crippen LogP contribution in [0.3, 0.4) is 0 Å². The lowest BCUT2D eigenvalue weighted by molar-refractivity contribution is -0.110. The molecule has 2 aromatic carbocycles. The molecule has 42 heavy (non-hydrogen) atoms. The maximum absolute atomic E-state index is 14.7. The number of benzene rings is 2. The number of nitrogens with two attached hydrogens (primary N) is 2. The minimum Gasteiger partial charge on any atom is -0.490 e. The summed E-state index contributed by atoms with van der Waals surface area (Å²) in [6, 6.07) is 8.62. The van der Waals surface area contributed by atoms with Gasteiger partial charge < -0.3 is 26.3 Å². The second-order valence-corrected chi connectivity index (χ2v) is 12.9. The Morgan fingerprint density at radius 3 is 2.69 bits per heavy atom. The number of ether oxygens (including phenoxy) is 1. The van der Waals surface area contributed by atoms with Gasteiger partial charge >= 0.3 is 0 Å². The van der Waals surface area contributed by atoms with Gasteiger partial charge in [-0.05, 0) is 67.6 Å². The van der Waals surface area contributed by atoms with Crippen molar-refractivity contribution in [3.63, 3.8) is 0 Å². The summed E-state index contributed by atoms with van der Waals surface area (Å²) in [6.07, 6.45) is 2.60. The Labute approximate surface area is 245 Å². The van der Waals surface area contributed by atoms with Gasteiger partial charge in [0.25, 0.3) is 5.91 Å². The van der Waals surface area contributed by atoms with Gasteiger partial charge in [0.1, 0.15) is 29.1 Å². The van der Waals surface area contributed by atoms with E-state index in [2.05, 4.69) is 10.3 Å². The normalized spacial score (nSPS) is 20.0. The third-order valence-electron chi connectivity index (χ3n) is 8.83. The van der Waals surface area contributed by atoms with E-state index in [-0.39, 0.29) is 41.1 Å². The highest BCUT2D eigenvalue weighted by Gasteiger charge is 2.48. The minimum atomic E-state index is -0.825. The topological polar surface area (TPSA) is 133 Å². The zero-order valence-electron chi connectivity index (χ0n) is 23.5. The SMILES string of the molecule is Cc1cc(-c2nc(C(C)(CNC(=O)c3cc(F)c4nc(N)sc4c3)C3CC3)cc3c2OC[C@]3(C)C(N)C=O)ccc1F. The lowest BCUT2D eigenvalue weighted by Crippen LogP contribution is -2.46. The zero-order valence-corrected chi connectivity index (χ0v) is 24.3. The summed E-state index contributed by atoms with van der Waals surface area (Å²) >= 11 is 1.12. The van der Waals surface area contributed by atoms with Crippen LogP contribution < -0.4 is 21.5 Å². The molecule has 0 spiro atoms. The first-order valence-electron chi connectivity index (χ1n) is 13.7. The molecule has 0 saturated heterocycles. The molecular formula is C31H31F2N5O3S. The molecule has 1 aliphatic heterocycles. The van der Waals surface area contributed by atoms with Gasteiger partial charge in [-0.1, -0.05) is 25.2 Å². The van der Waals surface area contributed by atoms with Gasteiger partial charge in [-0.2, -0.15) is 0 Å². The van der Waals surface area contributed by atoms with E-state index in [1.165, 1.54) is 6.07 Å². The average Bonchev–Trinajstić information content (AvgIpc) is 3.68. The van der Waals surface area contributed by atoms with E-state index in [1.54, 1.807) is 25.1 Å². The van der Waals surface area contributed by atoms with Gasteiger partial charge in [0.15, 0.2) is 10.9 Å². The second kappa shape index (κ2) is 10.1. The summed E-state index contributed by atoms with van der Waals surface area (Å²) in [7, 11) is 0. The van der Waals surface area contributed by atoms with Crippen molar-refractivity contribution in [3.05, 3.63) is 70.4 Å². The van der Waals surface area contributed by atoms with E-state index in [9.17, 15) is 18.4 Å². The molecule has 2 aliphatic rings. The van der Waals surface area contributed by atoms with Gasteiger partial charge in [0.05, 0.1) is 22.8 Å². The predicted molar refractivity (Wildman–Crippen MR) is 158 cm³/mol. The highest BCUT2D eigenvalue weighted by molar-refractivity contribution is 7.22. The van der Waals surface area contributed by atoms with Crippen molar-refractivity contribution in [2.45, 2.75) is 50.5 Å². The van der Waals surface area contributed by atoms with Gasteiger partial charge in [-0.25, -0.2) is 18.7 Å². The fraction of sp³-hybridized carbons (Fsp3) is 0.355. The van der Waals surface area contributed by atoms with Crippen molar-refractivity contribution in [1.29, 1.82) is 0 Å². The molecule has 2 unspecified atom stereocenters. The van der Waals surface area contributed by atoms with Gasteiger partial charge in [0.2, 0.25) is 0 Å². The molecule has 0 bridgehead atoms. The number of rotatable bonds is 8. The number of carbonyl (C=O) groups excluding carboxylic acids is 2. The van der Waals surface area contributed by atoms with Crippen LogP contribution in [0.4, 0.5) is 13.9 Å². The standard InChI is InChI=1S/C31H31F2N5O3S/c1-15-8-16(4-7-20(15)32)25-27-19(31(3,14-41-27)23(34)12-39)11-24(37-25)30(2,18-5-6-18)13-36-28(40)17-9-21(33)26-22(10-17)42-29(35)38-26/h4,7-12,18,23H,5-6,13-14,34H2,1-3H3,(H2,35,38)(H,36,40)/t23?,30?,31-/m0/s1. The summed E-state index contributed by atoms with van der Waals surface area (Å²) in [5.74, 6) is -0.636. The third-order valence-corrected chi connectivity index (χ3v) is 9.66. The summed E-state index contributed by atoms with van der Waals surface area (Å²) in [5, 5.41) is 3.23. The smallest absolute Gasteiger partial charge is 0.251 e. The third kappa shape index (κ3) is 4.60. The first-order chi connectivity index (χ1) is 19.9. The van der Waals surface area contributed by atoms with E-state index in [4.69, 9.17) is 21.2 Å².